The number of rotatable bonds is 36. The second kappa shape index (κ2) is 36.7. The molecule has 0 aliphatic rings. The maximum Gasteiger partial charge on any atom is 0.472 e. The molecule has 0 fully saturated rings. The number of phosphoric ester groups is 1. The molecule has 0 bridgehead atoms. The molecule has 0 aliphatic heterocycles. The molecule has 48 heavy (non-hydrogen) atoms. The quantitative estimate of drug-likeness (QED) is 0.0287. The summed E-state index contributed by atoms with van der Waals surface area (Å²) in [4.78, 5) is 22.3. The molecule has 9 heteroatoms. The van der Waals surface area contributed by atoms with E-state index in [1.807, 2.05) is 12.2 Å². The predicted octanol–water partition coefficient (Wildman–Crippen LogP) is 10.9. The highest BCUT2D eigenvalue weighted by Crippen LogP contribution is 2.43. The highest BCUT2D eigenvalue weighted by atomic mass is 31.2. The van der Waals surface area contributed by atoms with E-state index in [1.54, 1.807) is 0 Å². The van der Waals surface area contributed by atoms with Crippen LogP contribution in [0.15, 0.2) is 48.6 Å². The van der Waals surface area contributed by atoms with Gasteiger partial charge in [-0.05, 0) is 38.5 Å². The standard InChI is InChI=1S/C39H72NO7P/c1-3-5-7-9-11-13-15-17-18-19-21-23-25-27-29-31-34-44-36-38(37-46-48(42,43)45-35-33-40)47-39(41)32-30-28-26-24-22-20-16-14-12-10-8-6-4-2/h6,8,12,14,20,22,26,28,38H,3-5,7,9-11,13,15-19,21,23-25,27,29-37,40H2,1-2H3,(H,42,43)/b8-6-,14-12-,22-20-,28-26-. The van der Waals surface area contributed by atoms with Crippen LogP contribution in [-0.2, 0) is 27.9 Å². The number of esters is 1. The van der Waals surface area contributed by atoms with E-state index >= 15 is 0 Å². The maximum absolute atomic E-state index is 12.5. The van der Waals surface area contributed by atoms with Crippen molar-refractivity contribution in [3.63, 3.8) is 0 Å². The largest absolute Gasteiger partial charge is 0.472 e. The monoisotopic (exact) mass is 698 g/mol. The van der Waals surface area contributed by atoms with Crippen LogP contribution in [0.4, 0.5) is 0 Å². The van der Waals surface area contributed by atoms with Crippen LogP contribution in [0.2, 0.25) is 0 Å². The third-order valence-electron chi connectivity index (χ3n) is 7.77. The normalized spacial score (nSPS) is 14.2. The fourth-order valence-electron chi connectivity index (χ4n) is 5.01. The highest BCUT2D eigenvalue weighted by Gasteiger charge is 2.25. The van der Waals surface area contributed by atoms with Crippen molar-refractivity contribution in [2.24, 2.45) is 5.73 Å². The summed E-state index contributed by atoms with van der Waals surface area (Å²) >= 11 is 0. The van der Waals surface area contributed by atoms with Crippen molar-refractivity contribution in [2.45, 2.75) is 161 Å². The topological polar surface area (TPSA) is 117 Å². The van der Waals surface area contributed by atoms with Gasteiger partial charge in [0, 0.05) is 19.6 Å². The Bertz CT molecular complexity index is 874. The van der Waals surface area contributed by atoms with E-state index in [-0.39, 0.29) is 32.8 Å². The Morgan fingerprint density at radius 2 is 1.12 bits per heavy atom. The van der Waals surface area contributed by atoms with Gasteiger partial charge in [0.15, 0.2) is 0 Å². The molecule has 0 saturated heterocycles. The maximum atomic E-state index is 12.5. The van der Waals surface area contributed by atoms with Gasteiger partial charge in [0.05, 0.1) is 19.8 Å². The van der Waals surface area contributed by atoms with Crippen molar-refractivity contribution in [2.75, 3.05) is 33.0 Å². The number of unbranched alkanes of at least 4 members (excludes halogenated alkanes) is 15. The summed E-state index contributed by atoms with van der Waals surface area (Å²) in [5, 5.41) is 0. The van der Waals surface area contributed by atoms with Gasteiger partial charge >= 0.3 is 13.8 Å². The third-order valence-corrected chi connectivity index (χ3v) is 8.76. The van der Waals surface area contributed by atoms with E-state index in [2.05, 4.69) is 50.3 Å². The van der Waals surface area contributed by atoms with Crippen LogP contribution in [0.3, 0.4) is 0 Å². The van der Waals surface area contributed by atoms with E-state index in [4.69, 9.17) is 24.3 Å². The van der Waals surface area contributed by atoms with Gasteiger partial charge in [-0.3, -0.25) is 13.8 Å². The summed E-state index contributed by atoms with van der Waals surface area (Å²) in [6.45, 7) is 4.71. The number of carbonyl (C=O) groups excluding carboxylic acids is 1. The lowest BCUT2D eigenvalue weighted by Crippen LogP contribution is -2.28. The van der Waals surface area contributed by atoms with E-state index in [0.29, 0.717) is 13.0 Å². The number of hydrogen-bond acceptors (Lipinski definition) is 7. The van der Waals surface area contributed by atoms with Gasteiger partial charge in [0.2, 0.25) is 0 Å². The lowest BCUT2D eigenvalue weighted by molar-refractivity contribution is -0.154. The Morgan fingerprint density at radius 3 is 1.62 bits per heavy atom. The molecule has 2 atom stereocenters. The SMILES string of the molecule is CC/C=C\C/C=C\C/C=C\C/C=C\CCC(=O)OC(COCCCCCCCCCCCCCCCCCC)COP(=O)(O)OCCN. The van der Waals surface area contributed by atoms with Gasteiger partial charge < -0.3 is 20.1 Å². The number of hydrogen-bond donors (Lipinski definition) is 2. The molecule has 0 aromatic heterocycles. The number of allylic oxidation sites excluding steroid dienone is 8. The van der Waals surface area contributed by atoms with E-state index in [9.17, 15) is 14.3 Å². The minimum atomic E-state index is -4.29. The van der Waals surface area contributed by atoms with Gasteiger partial charge in [-0.25, -0.2) is 4.57 Å². The molecule has 3 N–H and O–H groups in total. The van der Waals surface area contributed by atoms with Crippen molar-refractivity contribution in [1.29, 1.82) is 0 Å². The zero-order chi connectivity index (χ0) is 35.2. The van der Waals surface area contributed by atoms with Crippen LogP contribution in [0.25, 0.3) is 0 Å². The lowest BCUT2D eigenvalue weighted by Gasteiger charge is -2.20. The summed E-state index contributed by atoms with van der Waals surface area (Å²) in [5.41, 5.74) is 5.34. The number of phosphoric acid groups is 1. The zero-order valence-corrected chi connectivity index (χ0v) is 31.6. The van der Waals surface area contributed by atoms with Crippen LogP contribution in [0.1, 0.15) is 155 Å². The van der Waals surface area contributed by atoms with Crippen LogP contribution >= 0.6 is 7.82 Å². The minimum absolute atomic E-state index is 0.0886. The van der Waals surface area contributed by atoms with Crippen molar-refractivity contribution < 1.29 is 32.8 Å². The van der Waals surface area contributed by atoms with Crippen LogP contribution in [0.5, 0.6) is 0 Å². The average Bonchev–Trinajstić information content (AvgIpc) is 3.07. The predicted molar refractivity (Wildman–Crippen MR) is 201 cm³/mol. The molecule has 0 aromatic carbocycles. The van der Waals surface area contributed by atoms with Crippen molar-refractivity contribution in [3.05, 3.63) is 48.6 Å². The van der Waals surface area contributed by atoms with Crippen LogP contribution in [-0.4, -0.2) is 49.9 Å². The molecule has 0 saturated carbocycles. The van der Waals surface area contributed by atoms with Crippen LogP contribution in [0, 0.1) is 0 Å². The molecule has 0 heterocycles. The summed E-state index contributed by atoms with van der Waals surface area (Å²) in [6, 6.07) is 0. The molecule has 280 valence electrons. The molecule has 2 unspecified atom stereocenters. The first-order chi connectivity index (χ1) is 23.4. The Labute approximate surface area is 294 Å². The molecule has 0 amide bonds. The van der Waals surface area contributed by atoms with Gasteiger partial charge in [-0.1, -0.05) is 159 Å². The summed E-state index contributed by atoms with van der Waals surface area (Å²) in [7, 11) is -4.29. The first-order valence-electron chi connectivity index (χ1n) is 19.1. The van der Waals surface area contributed by atoms with Crippen molar-refractivity contribution in [3.8, 4) is 0 Å². The molecule has 8 nitrogen and oxygen atoms in total. The van der Waals surface area contributed by atoms with Crippen molar-refractivity contribution in [1.82, 2.24) is 0 Å². The van der Waals surface area contributed by atoms with Gasteiger partial charge in [0.1, 0.15) is 6.10 Å². The Morgan fingerprint density at radius 1 is 0.646 bits per heavy atom. The molecule has 0 aromatic rings. The first-order valence-corrected chi connectivity index (χ1v) is 20.6. The third kappa shape index (κ3) is 35.8. The fraction of sp³-hybridized carbons (Fsp3) is 0.769. The second-order valence-electron chi connectivity index (χ2n) is 12.4. The Balaban J connectivity index is 4.16. The highest BCUT2D eigenvalue weighted by molar-refractivity contribution is 7.47. The Hall–Kier alpha value is -1.54. The number of nitrogens with two attached hydrogens (primary N) is 1. The van der Waals surface area contributed by atoms with Crippen LogP contribution < -0.4 is 5.73 Å². The first kappa shape index (κ1) is 46.5. The van der Waals surface area contributed by atoms with E-state index < -0.39 is 19.9 Å². The number of carbonyl (C=O) groups is 1. The van der Waals surface area contributed by atoms with Gasteiger partial charge in [0.25, 0.3) is 0 Å². The lowest BCUT2D eigenvalue weighted by atomic mass is 10.0. The van der Waals surface area contributed by atoms with Crippen molar-refractivity contribution >= 4 is 13.8 Å². The van der Waals surface area contributed by atoms with Gasteiger partial charge in [-0.2, -0.15) is 0 Å². The average molecular weight is 698 g/mol. The number of ether oxygens (including phenoxy) is 2. The molecular formula is C39H72NO7P. The Kier molecular flexibility index (Phi) is 35.6. The fourth-order valence-corrected chi connectivity index (χ4v) is 5.77. The van der Waals surface area contributed by atoms with E-state index in [0.717, 1.165) is 38.5 Å². The summed E-state index contributed by atoms with van der Waals surface area (Å²) in [5.74, 6) is -0.410. The molecule has 0 aliphatic carbocycles. The minimum Gasteiger partial charge on any atom is -0.457 e. The second-order valence-corrected chi connectivity index (χ2v) is 13.9. The molecule has 0 spiro atoms. The zero-order valence-electron chi connectivity index (χ0n) is 30.7. The smallest absolute Gasteiger partial charge is 0.457 e. The molecular weight excluding hydrogens is 625 g/mol. The van der Waals surface area contributed by atoms with Gasteiger partial charge in [-0.15, -0.1) is 0 Å². The summed E-state index contributed by atoms with van der Waals surface area (Å²) in [6.07, 6.45) is 41.4. The molecule has 0 radical (unpaired) electrons. The van der Waals surface area contributed by atoms with E-state index in [1.165, 1.54) is 89.9 Å². The molecule has 0 rings (SSSR count). The summed E-state index contributed by atoms with van der Waals surface area (Å²) < 4.78 is 33.2.